The minimum Gasteiger partial charge on any atom is -0.493 e. The predicted octanol–water partition coefficient (Wildman–Crippen LogP) is 7.16. The summed E-state index contributed by atoms with van der Waals surface area (Å²) in [4.78, 5) is 36.7. The van der Waals surface area contributed by atoms with Crippen LogP contribution in [0, 0.1) is 0 Å². The number of carbonyl (C=O) groups is 3. The summed E-state index contributed by atoms with van der Waals surface area (Å²) in [5.41, 5.74) is 13.3. The molecule has 0 aliphatic carbocycles. The number of nitrogens with two attached hydrogens (primary N) is 2. The molecule has 0 heterocycles. The number of esters is 3. The van der Waals surface area contributed by atoms with E-state index in [2.05, 4.69) is 0 Å². The number of hydrogen-bond acceptors (Lipinski definition) is 10. The normalized spacial score (nSPS) is 11.2. The third kappa shape index (κ3) is 13.7. The van der Waals surface area contributed by atoms with Gasteiger partial charge >= 0.3 is 24.1 Å². The van der Waals surface area contributed by atoms with Gasteiger partial charge < -0.3 is 35.2 Å². The van der Waals surface area contributed by atoms with Crippen LogP contribution in [0.5, 0.6) is 17.2 Å². The van der Waals surface area contributed by atoms with E-state index in [0.29, 0.717) is 35.7 Å². The summed E-state index contributed by atoms with van der Waals surface area (Å²) in [6, 6.07) is 15.0. The molecule has 0 unspecified atom stereocenters. The first kappa shape index (κ1) is 37.3. The number of benzene rings is 3. The van der Waals surface area contributed by atoms with Gasteiger partial charge in [0.15, 0.2) is 11.5 Å². The largest absolute Gasteiger partial charge is 0.493 e. The summed E-state index contributed by atoms with van der Waals surface area (Å²) in [5.74, 6) is -1.23. The van der Waals surface area contributed by atoms with Crippen molar-refractivity contribution < 1.29 is 51.2 Å². The van der Waals surface area contributed by atoms with Crippen LogP contribution < -0.4 is 25.7 Å². The maximum atomic E-state index is 12.6. The van der Waals surface area contributed by atoms with Crippen molar-refractivity contribution in [2.75, 3.05) is 38.4 Å². The number of nitrogen functional groups attached to an aromatic ring is 2. The van der Waals surface area contributed by atoms with Crippen molar-refractivity contribution in [3.8, 4) is 17.2 Å². The molecule has 0 spiro atoms. The maximum absolute atomic E-state index is 12.6. The average Bonchev–Trinajstić information content (AvgIpc) is 3.04. The molecule has 258 valence electrons. The van der Waals surface area contributed by atoms with Gasteiger partial charge in [-0.05, 0) is 73.0 Å². The number of hydrogen-bond donors (Lipinski definition) is 2. The van der Waals surface area contributed by atoms with Crippen LogP contribution >= 0.6 is 0 Å². The molecule has 13 heteroatoms. The maximum Gasteiger partial charge on any atom is 0.392 e. The highest BCUT2D eigenvalue weighted by Crippen LogP contribution is 2.30. The molecule has 3 aromatic carbocycles. The summed E-state index contributed by atoms with van der Waals surface area (Å²) < 4.78 is 63.3. The second-order valence-electron chi connectivity index (χ2n) is 10.7. The van der Waals surface area contributed by atoms with Gasteiger partial charge in [0.05, 0.1) is 44.5 Å². The van der Waals surface area contributed by atoms with Crippen molar-refractivity contribution in [3.63, 3.8) is 0 Å². The van der Waals surface area contributed by atoms with Crippen LogP contribution in [0.2, 0.25) is 0 Å². The van der Waals surface area contributed by atoms with Crippen LogP contribution in [0.1, 0.15) is 71.2 Å². The van der Waals surface area contributed by atoms with Gasteiger partial charge in [-0.25, -0.2) is 14.4 Å². The minimum absolute atomic E-state index is 0.0696. The number of carbonyl (C=O) groups excluding carboxylic acids is 3. The Bertz CT molecular complexity index is 1520. The molecular formula is C35H39F3N2O8. The van der Waals surface area contributed by atoms with Crippen molar-refractivity contribution in [3.05, 3.63) is 83.4 Å². The second kappa shape index (κ2) is 18.8. The number of methoxy groups -OCH3 is 1. The first-order valence-electron chi connectivity index (χ1n) is 15.3. The van der Waals surface area contributed by atoms with E-state index < -0.39 is 37.1 Å². The Labute approximate surface area is 276 Å². The Morgan fingerprint density at radius 1 is 0.708 bits per heavy atom. The molecule has 0 saturated carbocycles. The molecule has 0 amide bonds. The molecule has 4 N–H and O–H groups in total. The fourth-order valence-electron chi connectivity index (χ4n) is 4.34. The summed E-state index contributed by atoms with van der Waals surface area (Å²) in [5, 5.41) is 0. The Kier molecular flexibility index (Phi) is 14.6. The SMILES string of the molecule is COc1cc(C(=O)Oc2ccc(/C=C/C(=O)OCCCCCCCCOC(=O)c3cc(N)cc(N)c3)cc2)ccc1OCCC(F)(F)F. The number of ether oxygens (including phenoxy) is 5. The van der Waals surface area contributed by atoms with Crippen molar-refractivity contribution in [1.82, 2.24) is 0 Å². The fourth-order valence-corrected chi connectivity index (χ4v) is 4.34. The number of unbranched alkanes of at least 4 members (excludes halogenated alkanes) is 5. The van der Waals surface area contributed by atoms with Gasteiger partial charge in [-0.2, -0.15) is 13.2 Å². The third-order valence-corrected chi connectivity index (χ3v) is 6.77. The lowest BCUT2D eigenvalue weighted by molar-refractivity contribution is -0.140. The molecule has 0 radical (unpaired) electrons. The lowest BCUT2D eigenvalue weighted by Gasteiger charge is -2.13. The zero-order valence-corrected chi connectivity index (χ0v) is 26.6. The second-order valence-corrected chi connectivity index (χ2v) is 10.7. The van der Waals surface area contributed by atoms with E-state index in [1.54, 1.807) is 36.4 Å². The van der Waals surface area contributed by atoms with Crippen molar-refractivity contribution in [2.45, 2.75) is 51.1 Å². The summed E-state index contributed by atoms with van der Waals surface area (Å²) in [7, 11) is 1.31. The third-order valence-electron chi connectivity index (χ3n) is 6.77. The van der Waals surface area contributed by atoms with Crippen LogP contribution in [0.3, 0.4) is 0 Å². The molecule has 0 saturated heterocycles. The van der Waals surface area contributed by atoms with Gasteiger partial charge in [-0.3, -0.25) is 0 Å². The molecular weight excluding hydrogens is 633 g/mol. The van der Waals surface area contributed by atoms with Crippen LogP contribution in [-0.2, 0) is 14.3 Å². The monoisotopic (exact) mass is 672 g/mol. The molecule has 3 rings (SSSR count). The predicted molar refractivity (Wildman–Crippen MR) is 174 cm³/mol. The van der Waals surface area contributed by atoms with Crippen LogP contribution in [0.15, 0.2) is 66.7 Å². The molecule has 3 aromatic rings. The van der Waals surface area contributed by atoms with Crippen LogP contribution in [-0.4, -0.2) is 51.0 Å². The Morgan fingerprint density at radius 2 is 1.33 bits per heavy atom. The molecule has 48 heavy (non-hydrogen) atoms. The summed E-state index contributed by atoms with van der Waals surface area (Å²) in [6.45, 7) is 0.0223. The molecule has 0 aliphatic rings. The van der Waals surface area contributed by atoms with Gasteiger partial charge in [-0.1, -0.05) is 37.8 Å². The number of rotatable bonds is 18. The Morgan fingerprint density at radius 3 is 1.96 bits per heavy atom. The lowest BCUT2D eigenvalue weighted by Crippen LogP contribution is -2.13. The van der Waals surface area contributed by atoms with E-state index in [9.17, 15) is 27.6 Å². The quantitative estimate of drug-likeness (QED) is 0.0468. The highest BCUT2D eigenvalue weighted by Gasteiger charge is 2.27. The van der Waals surface area contributed by atoms with Gasteiger partial charge in [0.1, 0.15) is 5.75 Å². The summed E-state index contributed by atoms with van der Waals surface area (Å²) >= 11 is 0. The van der Waals surface area contributed by atoms with Crippen molar-refractivity contribution >= 4 is 35.4 Å². The van der Waals surface area contributed by atoms with Crippen molar-refractivity contribution in [1.29, 1.82) is 0 Å². The molecule has 0 bridgehead atoms. The van der Waals surface area contributed by atoms with E-state index in [0.717, 1.165) is 38.5 Å². The van der Waals surface area contributed by atoms with E-state index in [4.69, 9.17) is 35.2 Å². The summed E-state index contributed by atoms with van der Waals surface area (Å²) in [6.07, 6.45) is 2.60. The van der Waals surface area contributed by atoms with Crippen LogP contribution in [0.4, 0.5) is 24.5 Å². The topological polar surface area (TPSA) is 149 Å². The van der Waals surface area contributed by atoms with E-state index in [-0.39, 0.29) is 22.8 Å². The first-order valence-corrected chi connectivity index (χ1v) is 15.3. The van der Waals surface area contributed by atoms with Gasteiger partial charge in [0.2, 0.25) is 0 Å². The molecule has 0 atom stereocenters. The van der Waals surface area contributed by atoms with Gasteiger partial charge in [0.25, 0.3) is 0 Å². The molecule has 0 aliphatic heterocycles. The fraction of sp³-hybridized carbons (Fsp3) is 0.343. The number of alkyl halides is 3. The zero-order chi connectivity index (χ0) is 34.9. The molecule has 0 fully saturated rings. The van der Waals surface area contributed by atoms with Gasteiger partial charge in [-0.15, -0.1) is 0 Å². The highest BCUT2D eigenvalue weighted by atomic mass is 19.4. The number of halogens is 3. The zero-order valence-electron chi connectivity index (χ0n) is 26.6. The number of anilines is 2. The van der Waals surface area contributed by atoms with Crippen molar-refractivity contribution in [2.24, 2.45) is 0 Å². The lowest BCUT2D eigenvalue weighted by atomic mass is 10.1. The average molecular weight is 673 g/mol. The highest BCUT2D eigenvalue weighted by molar-refractivity contribution is 5.92. The Hall–Kier alpha value is -5.20. The molecule has 0 aromatic heterocycles. The van der Waals surface area contributed by atoms with E-state index in [1.165, 1.54) is 43.5 Å². The molecule has 10 nitrogen and oxygen atoms in total. The standard InChI is InChI=1S/C35H39F3N2O8/c1-44-31-22-25(11-14-30(31)45-19-16-35(36,37)38)34(43)48-29-12-8-24(9-13-29)10-15-32(41)46-17-6-4-2-3-5-7-18-47-33(42)26-20-27(39)23-28(40)21-26/h8-15,20-23H,2-7,16-19,39-40H2,1H3/b15-10+. The van der Waals surface area contributed by atoms with E-state index >= 15 is 0 Å². The Balaban J connectivity index is 1.28. The van der Waals surface area contributed by atoms with Gasteiger partial charge in [0, 0.05) is 17.5 Å². The first-order chi connectivity index (χ1) is 22.9. The van der Waals surface area contributed by atoms with E-state index in [1.807, 2.05) is 0 Å². The van der Waals surface area contributed by atoms with Crippen LogP contribution in [0.25, 0.3) is 6.08 Å². The minimum atomic E-state index is -4.35. The smallest absolute Gasteiger partial charge is 0.392 e.